The average Bonchev–Trinajstić information content (AvgIpc) is 2.57. The third-order valence-electron chi connectivity index (χ3n) is 2.10. The molecule has 0 unspecified atom stereocenters. The maximum Gasteiger partial charge on any atom is 0.342 e. The molecular formula is C11H9NO3. The molecule has 76 valence electrons. The van der Waals surface area contributed by atoms with Gasteiger partial charge in [0.25, 0.3) is 0 Å². The van der Waals surface area contributed by atoms with E-state index in [4.69, 9.17) is 4.74 Å². The Kier molecular flexibility index (Phi) is 2.33. The van der Waals surface area contributed by atoms with E-state index in [0.29, 0.717) is 11.3 Å². The maximum atomic E-state index is 11.7. The Morgan fingerprint density at radius 2 is 2.33 bits per heavy atom. The van der Waals surface area contributed by atoms with Crippen molar-refractivity contribution in [3.05, 3.63) is 35.2 Å². The largest absolute Gasteiger partial charge is 0.462 e. The second kappa shape index (κ2) is 3.65. The van der Waals surface area contributed by atoms with Crippen LogP contribution >= 0.6 is 0 Å². The lowest BCUT2D eigenvalue weighted by molar-refractivity contribution is -0.137. The Labute approximate surface area is 86.6 Å². The molecule has 2 rings (SSSR count). The van der Waals surface area contributed by atoms with Gasteiger partial charge >= 0.3 is 5.97 Å². The van der Waals surface area contributed by atoms with E-state index in [2.05, 4.69) is 4.98 Å². The zero-order valence-corrected chi connectivity index (χ0v) is 8.19. The summed E-state index contributed by atoms with van der Waals surface area (Å²) in [4.78, 5) is 27.1. The number of fused-ring (bicyclic) bond motifs is 1. The molecule has 0 spiro atoms. The Morgan fingerprint density at radius 1 is 1.53 bits per heavy atom. The first-order valence-corrected chi connectivity index (χ1v) is 4.62. The number of rotatable bonds is 2. The van der Waals surface area contributed by atoms with Crippen LogP contribution in [0.4, 0.5) is 0 Å². The molecule has 0 saturated carbocycles. The van der Waals surface area contributed by atoms with Gasteiger partial charge in [0.1, 0.15) is 5.57 Å². The van der Waals surface area contributed by atoms with E-state index >= 15 is 0 Å². The Morgan fingerprint density at radius 3 is 3.00 bits per heavy atom. The van der Waals surface area contributed by atoms with Gasteiger partial charge in [-0.15, -0.1) is 0 Å². The van der Waals surface area contributed by atoms with Crippen LogP contribution in [-0.2, 0) is 9.53 Å². The smallest absolute Gasteiger partial charge is 0.342 e. The van der Waals surface area contributed by atoms with Gasteiger partial charge in [-0.25, -0.2) is 4.79 Å². The second-order valence-corrected chi connectivity index (χ2v) is 3.04. The van der Waals surface area contributed by atoms with Crippen molar-refractivity contribution in [1.82, 2.24) is 4.98 Å². The first kappa shape index (κ1) is 9.58. The molecule has 4 nitrogen and oxygen atoms in total. The predicted molar refractivity (Wildman–Crippen MR) is 53.2 cm³/mol. The van der Waals surface area contributed by atoms with Crippen LogP contribution in [0.15, 0.2) is 23.9 Å². The van der Waals surface area contributed by atoms with Crippen molar-refractivity contribution in [2.45, 2.75) is 6.92 Å². The van der Waals surface area contributed by atoms with Crippen molar-refractivity contribution in [2.24, 2.45) is 0 Å². The molecular weight excluding hydrogens is 194 g/mol. The number of carbonyl (C=O) groups is 2. The van der Waals surface area contributed by atoms with Crippen LogP contribution in [0.25, 0.3) is 6.08 Å². The molecule has 0 fully saturated rings. The van der Waals surface area contributed by atoms with Crippen molar-refractivity contribution in [3.63, 3.8) is 0 Å². The normalized spacial score (nSPS) is 13.4. The van der Waals surface area contributed by atoms with E-state index < -0.39 is 5.97 Å². The molecule has 0 atom stereocenters. The van der Waals surface area contributed by atoms with Crippen molar-refractivity contribution in [2.75, 3.05) is 6.61 Å². The van der Waals surface area contributed by atoms with Gasteiger partial charge in [0.05, 0.1) is 12.3 Å². The van der Waals surface area contributed by atoms with E-state index in [-0.39, 0.29) is 18.0 Å². The first-order chi connectivity index (χ1) is 7.24. The molecule has 0 aliphatic heterocycles. The number of hydrogen-bond acceptors (Lipinski definition) is 4. The highest BCUT2D eigenvalue weighted by Gasteiger charge is 2.28. The summed E-state index contributed by atoms with van der Waals surface area (Å²) in [6, 6.07) is 3.31. The zero-order valence-electron chi connectivity index (χ0n) is 8.19. The Hall–Kier alpha value is -1.97. The van der Waals surface area contributed by atoms with E-state index in [1.54, 1.807) is 25.3 Å². The molecule has 1 heterocycles. The van der Waals surface area contributed by atoms with Gasteiger partial charge in [-0.3, -0.25) is 9.78 Å². The molecule has 0 aromatic carbocycles. The van der Waals surface area contributed by atoms with Gasteiger partial charge in [0.2, 0.25) is 5.78 Å². The van der Waals surface area contributed by atoms with Gasteiger partial charge in [-0.1, -0.05) is 0 Å². The molecule has 4 heteroatoms. The number of ketones is 1. The number of esters is 1. The van der Waals surface area contributed by atoms with Crippen LogP contribution in [-0.4, -0.2) is 23.3 Å². The van der Waals surface area contributed by atoms with Crippen LogP contribution in [0.1, 0.15) is 23.0 Å². The van der Waals surface area contributed by atoms with Gasteiger partial charge in [-0.05, 0) is 25.1 Å². The zero-order chi connectivity index (χ0) is 10.8. The topological polar surface area (TPSA) is 56.3 Å². The number of ether oxygens (including phenoxy) is 1. The van der Waals surface area contributed by atoms with Gasteiger partial charge in [0.15, 0.2) is 0 Å². The molecule has 15 heavy (non-hydrogen) atoms. The SMILES string of the molecule is CCOC(=O)C1=Cc2ncccc2C1=O. The van der Waals surface area contributed by atoms with Crippen LogP contribution < -0.4 is 0 Å². The first-order valence-electron chi connectivity index (χ1n) is 4.62. The number of Topliss-reactive ketones (excluding diaryl/α,β-unsaturated/α-hetero) is 1. The number of aromatic nitrogens is 1. The van der Waals surface area contributed by atoms with Crippen LogP contribution in [0, 0.1) is 0 Å². The third-order valence-corrected chi connectivity index (χ3v) is 2.10. The highest BCUT2D eigenvalue weighted by atomic mass is 16.5. The van der Waals surface area contributed by atoms with Crippen molar-refractivity contribution in [3.8, 4) is 0 Å². The summed E-state index contributed by atoms with van der Waals surface area (Å²) in [6.07, 6.45) is 3.05. The van der Waals surface area contributed by atoms with Gasteiger partial charge in [-0.2, -0.15) is 0 Å². The minimum atomic E-state index is -0.583. The highest BCUT2D eigenvalue weighted by molar-refractivity contribution is 6.30. The van der Waals surface area contributed by atoms with Crippen LogP contribution in [0.2, 0.25) is 0 Å². The standard InChI is InChI=1S/C11H9NO3/c1-2-15-11(14)8-6-9-7(10(8)13)4-3-5-12-9/h3-6H,2H2,1H3. The van der Waals surface area contributed by atoms with E-state index in [0.717, 1.165) is 0 Å². The second-order valence-electron chi connectivity index (χ2n) is 3.04. The summed E-state index contributed by atoms with van der Waals surface area (Å²) in [6.45, 7) is 1.95. The van der Waals surface area contributed by atoms with Gasteiger partial charge in [0, 0.05) is 11.8 Å². The fraction of sp³-hybridized carbons (Fsp3) is 0.182. The molecule has 0 saturated heterocycles. The summed E-state index contributed by atoms with van der Waals surface area (Å²) >= 11 is 0. The Balaban J connectivity index is 2.35. The summed E-state index contributed by atoms with van der Waals surface area (Å²) in [7, 11) is 0. The van der Waals surface area contributed by atoms with E-state index in [1.165, 1.54) is 6.08 Å². The van der Waals surface area contributed by atoms with Crippen LogP contribution in [0.3, 0.4) is 0 Å². The number of pyridine rings is 1. The van der Waals surface area contributed by atoms with E-state index in [1.807, 2.05) is 0 Å². The quantitative estimate of drug-likeness (QED) is 0.535. The number of hydrogen-bond donors (Lipinski definition) is 0. The fourth-order valence-corrected chi connectivity index (χ4v) is 1.43. The highest BCUT2D eigenvalue weighted by Crippen LogP contribution is 2.23. The molecule has 0 N–H and O–H groups in total. The minimum absolute atomic E-state index is 0.0607. The molecule has 0 radical (unpaired) electrons. The number of carbonyl (C=O) groups excluding carboxylic acids is 2. The fourth-order valence-electron chi connectivity index (χ4n) is 1.43. The Bertz CT molecular complexity index is 463. The lowest BCUT2D eigenvalue weighted by Crippen LogP contribution is -2.12. The maximum absolute atomic E-state index is 11.7. The monoisotopic (exact) mass is 203 g/mol. The minimum Gasteiger partial charge on any atom is -0.462 e. The molecule has 1 aliphatic carbocycles. The predicted octanol–water partition coefficient (Wildman–Crippen LogP) is 1.22. The van der Waals surface area contributed by atoms with E-state index in [9.17, 15) is 9.59 Å². The van der Waals surface area contributed by atoms with Crippen LogP contribution in [0.5, 0.6) is 0 Å². The molecule has 0 amide bonds. The lowest BCUT2D eigenvalue weighted by atomic mass is 10.1. The number of nitrogens with zero attached hydrogens (tertiary/aromatic N) is 1. The van der Waals surface area contributed by atoms with Crippen molar-refractivity contribution >= 4 is 17.8 Å². The average molecular weight is 203 g/mol. The summed E-state index contributed by atoms with van der Waals surface area (Å²) < 4.78 is 4.77. The van der Waals surface area contributed by atoms with Gasteiger partial charge < -0.3 is 4.74 Å². The summed E-state index contributed by atoms with van der Waals surface area (Å²) in [5.74, 6) is -0.892. The van der Waals surface area contributed by atoms with Crippen molar-refractivity contribution < 1.29 is 14.3 Å². The molecule has 1 aromatic heterocycles. The third kappa shape index (κ3) is 1.54. The molecule has 0 bridgehead atoms. The molecule has 1 aliphatic rings. The summed E-state index contributed by atoms with van der Waals surface area (Å²) in [5.41, 5.74) is 1.05. The lowest BCUT2D eigenvalue weighted by Gasteiger charge is -2.00. The molecule has 1 aromatic rings. The van der Waals surface area contributed by atoms with Crippen molar-refractivity contribution in [1.29, 1.82) is 0 Å². The summed E-state index contributed by atoms with van der Waals surface area (Å²) in [5, 5.41) is 0.